The summed E-state index contributed by atoms with van der Waals surface area (Å²) < 4.78 is 15.0. The largest absolute Gasteiger partial charge is 0.507 e. The minimum absolute atomic E-state index is 0.00774. The van der Waals surface area contributed by atoms with Gasteiger partial charge in [0.15, 0.2) is 17.2 Å². The molecule has 10 heteroatoms. The minimum Gasteiger partial charge on any atom is -0.507 e. The van der Waals surface area contributed by atoms with E-state index in [-0.39, 0.29) is 49.0 Å². The molecule has 5 N–H and O–H groups in total. The maximum absolute atomic E-state index is 15.0. The lowest BCUT2D eigenvalue weighted by Gasteiger charge is -2.51. The van der Waals surface area contributed by atoms with Gasteiger partial charge in [-0.05, 0) is 57.3 Å². The number of halogens is 1. The highest BCUT2D eigenvalue weighted by Gasteiger charge is 2.65. The van der Waals surface area contributed by atoms with Gasteiger partial charge in [0, 0.05) is 24.1 Å². The van der Waals surface area contributed by atoms with Crippen molar-refractivity contribution in [3.8, 4) is 5.75 Å². The van der Waals surface area contributed by atoms with Crippen molar-refractivity contribution in [1.82, 2.24) is 4.90 Å². The smallest absolute Gasteiger partial charge is 0.252 e. The number of Topliss-reactive ketones (excluding diaryl/α,β-unsaturated/α-hetero) is 3. The number of carbonyl (C=O) groups excluding carboxylic acids is 4. The molecule has 0 saturated heterocycles. The zero-order valence-corrected chi connectivity index (χ0v) is 18.9. The first-order chi connectivity index (χ1) is 15.9. The Balaban J connectivity index is 1.84. The highest BCUT2D eigenvalue weighted by molar-refractivity contribution is 6.32. The molecule has 0 aromatic heterocycles. The summed E-state index contributed by atoms with van der Waals surface area (Å²) in [6.45, 7) is -0.200. The number of likely N-dealkylation sites (N-methyl/N-ethyl adjacent to an activating group) is 1. The normalized spacial score (nSPS) is 30.5. The van der Waals surface area contributed by atoms with Crippen LogP contribution in [0.1, 0.15) is 34.3 Å². The van der Waals surface area contributed by atoms with E-state index in [1.165, 1.54) is 6.08 Å². The third-order valence-corrected chi connectivity index (χ3v) is 7.46. The number of fused-ring (bicyclic) bond motifs is 3. The van der Waals surface area contributed by atoms with E-state index in [1.54, 1.807) is 19.0 Å². The van der Waals surface area contributed by atoms with E-state index >= 15 is 4.39 Å². The lowest BCUT2D eigenvalue weighted by molar-refractivity contribution is -0.168. The molecule has 0 radical (unpaired) electrons. The molecule has 182 valence electrons. The molecule has 1 aromatic rings. The van der Waals surface area contributed by atoms with Crippen LogP contribution < -0.4 is 5.73 Å². The Bertz CT molecular complexity index is 1140. The van der Waals surface area contributed by atoms with E-state index < -0.39 is 69.8 Å². The molecule has 1 aromatic carbocycles. The minimum atomic E-state index is -2.65. The second-order valence-electron chi connectivity index (χ2n) is 9.55. The standard InChI is InChI=1S/C24H27FN2O7/c1-27(2)16-9-13(23(26)33)21(31)24(34)14(16)7-11-6-12-15(25)8-10(4-3-5-28)19(29)18(12)20(30)17(11)22(24)32/h8-9,11,14,16-17,28-29,34H,3-7H2,1-2H3,(H2,26,33)/t11-,14-,16+,17?,24+/m0/s1. The number of benzene rings is 1. The molecule has 3 aliphatic rings. The molecular weight excluding hydrogens is 447 g/mol. The van der Waals surface area contributed by atoms with Crippen LogP contribution >= 0.6 is 0 Å². The highest BCUT2D eigenvalue weighted by Crippen LogP contribution is 2.50. The number of hydrogen-bond donors (Lipinski definition) is 4. The average molecular weight is 474 g/mol. The molecule has 0 heterocycles. The Kier molecular flexibility index (Phi) is 5.95. The summed E-state index contributed by atoms with van der Waals surface area (Å²) in [7, 11) is 3.30. The van der Waals surface area contributed by atoms with Crippen LogP contribution in [0.3, 0.4) is 0 Å². The van der Waals surface area contributed by atoms with Crippen LogP contribution in [0.2, 0.25) is 0 Å². The number of aliphatic hydroxyl groups is 2. The quantitative estimate of drug-likeness (QED) is 0.334. The molecule has 9 nitrogen and oxygen atoms in total. The van der Waals surface area contributed by atoms with Gasteiger partial charge in [0.2, 0.25) is 5.78 Å². The number of amides is 1. The van der Waals surface area contributed by atoms with E-state index in [4.69, 9.17) is 10.8 Å². The number of carbonyl (C=O) groups is 4. The zero-order chi connectivity index (χ0) is 25.1. The van der Waals surface area contributed by atoms with Crippen LogP contribution in [0.4, 0.5) is 4.39 Å². The Morgan fingerprint density at radius 1 is 1.29 bits per heavy atom. The molecule has 1 amide bonds. The lowest BCUT2D eigenvalue weighted by Crippen LogP contribution is -2.68. The van der Waals surface area contributed by atoms with Crippen molar-refractivity contribution in [2.24, 2.45) is 23.5 Å². The summed E-state index contributed by atoms with van der Waals surface area (Å²) in [6.07, 6.45) is 1.68. The summed E-state index contributed by atoms with van der Waals surface area (Å²) in [5.41, 5.74) is 1.96. The molecule has 0 aliphatic heterocycles. The van der Waals surface area contributed by atoms with Gasteiger partial charge in [0.25, 0.3) is 5.91 Å². The fraction of sp³-hybridized carbons (Fsp3) is 0.500. The van der Waals surface area contributed by atoms with E-state index in [0.29, 0.717) is 0 Å². The average Bonchev–Trinajstić information content (AvgIpc) is 2.76. The van der Waals surface area contributed by atoms with Crippen LogP contribution in [0, 0.1) is 23.6 Å². The number of hydrogen-bond acceptors (Lipinski definition) is 8. The van der Waals surface area contributed by atoms with Crippen molar-refractivity contribution in [1.29, 1.82) is 0 Å². The number of phenolic OH excluding ortho intramolecular Hbond substituents is 1. The van der Waals surface area contributed by atoms with Crippen molar-refractivity contribution in [3.05, 3.63) is 40.2 Å². The van der Waals surface area contributed by atoms with Gasteiger partial charge in [-0.2, -0.15) is 0 Å². The second kappa shape index (κ2) is 8.37. The van der Waals surface area contributed by atoms with Crippen molar-refractivity contribution < 1.29 is 38.9 Å². The zero-order valence-electron chi connectivity index (χ0n) is 18.9. The topological polar surface area (TPSA) is 158 Å². The number of nitrogens with two attached hydrogens (primary N) is 1. The third-order valence-electron chi connectivity index (χ3n) is 7.46. The van der Waals surface area contributed by atoms with Gasteiger partial charge in [0.05, 0.1) is 17.1 Å². The van der Waals surface area contributed by atoms with Gasteiger partial charge in [0.1, 0.15) is 11.6 Å². The number of aliphatic hydroxyl groups excluding tert-OH is 1. The molecule has 0 spiro atoms. The van der Waals surface area contributed by atoms with Crippen LogP contribution in [-0.4, -0.2) is 75.8 Å². The molecule has 0 bridgehead atoms. The third kappa shape index (κ3) is 3.31. The fourth-order valence-corrected chi connectivity index (χ4v) is 5.81. The summed E-state index contributed by atoms with van der Waals surface area (Å²) >= 11 is 0. The molecule has 1 fully saturated rings. The summed E-state index contributed by atoms with van der Waals surface area (Å²) in [5.74, 6) is -8.47. The SMILES string of the molecule is CN(C)[C@@H]1C=C(C(N)=O)C(=O)[C@@]2(O)C(=O)C3C(=O)c4c(O)c(CCCO)cc(F)c4C[C@H]3C[C@@H]12. The molecule has 3 aliphatic carbocycles. The Labute approximate surface area is 195 Å². The van der Waals surface area contributed by atoms with Crippen molar-refractivity contribution in [3.63, 3.8) is 0 Å². The first-order valence-corrected chi connectivity index (χ1v) is 11.1. The van der Waals surface area contributed by atoms with Gasteiger partial charge in [-0.3, -0.25) is 19.2 Å². The Morgan fingerprint density at radius 2 is 1.97 bits per heavy atom. The first-order valence-electron chi connectivity index (χ1n) is 11.1. The second-order valence-corrected chi connectivity index (χ2v) is 9.55. The van der Waals surface area contributed by atoms with Crippen molar-refractivity contribution in [2.45, 2.75) is 37.3 Å². The molecule has 34 heavy (non-hydrogen) atoms. The molecule has 4 rings (SSSR count). The maximum Gasteiger partial charge on any atom is 0.252 e. The maximum atomic E-state index is 15.0. The van der Waals surface area contributed by atoms with E-state index in [9.17, 15) is 29.4 Å². The van der Waals surface area contributed by atoms with Crippen LogP contribution in [-0.2, 0) is 27.2 Å². The number of primary amides is 1. The predicted octanol–water partition coefficient (Wildman–Crippen LogP) is -0.328. The van der Waals surface area contributed by atoms with Gasteiger partial charge >= 0.3 is 0 Å². The van der Waals surface area contributed by atoms with Crippen LogP contribution in [0.5, 0.6) is 5.75 Å². The molecule has 1 unspecified atom stereocenters. The van der Waals surface area contributed by atoms with Gasteiger partial charge in [-0.15, -0.1) is 0 Å². The van der Waals surface area contributed by atoms with Crippen LogP contribution in [0.25, 0.3) is 0 Å². The predicted molar refractivity (Wildman–Crippen MR) is 116 cm³/mol. The van der Waals surface area contributed by atoms with E-state index in [0.717, 1.165) is 6.07 Å². The number of aromatic hydroxyl groups is 1. The number of phenols is 1. The Hall–Kier alpha value is -2.95. The first kappa shape index (κ1) is 24.2. The molecule has 5 atom stereocenters. The fourth-order valence-electron chi connectivity index (χ4n) is 5.81. The Morgan fingerprint density at radius 3 is 2.56 bits per heavy atom. The van der Waals surface area contributed by atoms with Crippen molar-refractivity contribution in [2.75, 3.05) is 20.7 Å². The van der Waals surface area contributed by atoms with E-state index in [1.807, 2.05) is 0 Å². The van der Waals surface area contributed by atoms with Crippen molar-refractivity contribution >= 4 is 23.3 Å². The molecule has 1 saturated carbocycles. The molecular formula is C24H27FN2O7. The van der Waals surface area contributed by atoms with E-state index in [2.05, 4.69) is 0 Å². The summed E-state index contributed by atoms with van der Waals surface area (Å²) in [4.78, 5) is 53.8. The number of rotatable bonds is 5. The summed E-state index contributed by atoms with van der Waals surface area (Å²) in [6, 6.07) is 0.429. The van der Waals surface area contributed by atoms with Gasteiger partial charge in [-0.25, -0.2) is 4.39 Å². The lowest BCUT2D eigenvalue weighted by atomic mass is 9.54. The van der Waals surface area contributed by atoms with Gasteiger partial charge < -0.3 is 26.0 Å². The number of ketones is 3. The highest BCUT2D eigenvalue weighted by atomic mass is 19.1. The van der Waals surface area contributed by atoms with Crippen LogP contribution in [0.15, 0.2) is 17.7 Å². The number of aryl methyl sites for hydroxylation is 1. The monoisotopic (exact) mass is 474 g/mol. The van der Waals surface area contributed by atoms with Gasteiger partial charge in [-0.1, -0.05) is 6.08 Å². The summed E-state index contributed by atoms with van der Waals surface area (Å²) in [5, 5.41) is 31.3. The number of nitrogens with zero attached hydrogens (tertiary/aromatic N) is 1.